The molecule has 0 bridgehead atoms. The second-order valence-electron chi connectivity index (χ2n) is 7.10. The van der Waals surface area contributed by atoms with Crippen LogP contribution in [0.25, 0.3) is 17.1 Å². The van der Waals surface area contributed by atoms with Crippen molar-refractivity contribution < 1.29 is 9.53 Å². The van der Waals surface area contributed by atoms with E-state index in [0.29, 0.717) is 26.8 Å². The number of rotatable bonds is 8. The number of carbonyl (C=O) groups excluding carboxylic acids is 1. The van der Waals surface area contributed by atoms with E-state index in [9.17, 15) is 4.79 Å². The van der Waals surface area contributed by atoms with Crippen molar-refractivity contribution in [3.05, 3.63) is 86.8 Å². The fraction of sp³-hybridized carbons (Fsp3) is 0.0833. The van der Waals surface area contributed by atoms with E-state index in [0.717, 1.165) is 21.3 Å². The highest BCUT2D eigenvalue weighted by atomic mass is 79.9. The molecule has 0 aliphatic carbocycles. The fourth-order valence-corrected chi connectivity index (χ4v) is 4.63. The third-order valence-electron chi connectivity index (χ3n) is 4.73. The number of halogens is 3. The maximum absolute atomic E-state index is 12.4. The minimum Gasteiger partial charge on any atom is -0.496 e. The van der Waals surface area contributed by atoms with E-state index in [1.54, 1.807) is 37.6 Å². The number of hydrogen-bond acceptors (Lipinski definition) is 6. The predicted molar refractivity (Wildman–Crippen MR) is 144 cm³/mol. The van der Waals surface area contributed by atoms with E-state index in [2.05, 4.69) is 36.7 Å². The molecule has 0 fully saturated rings. The summed E-state index contributed by atoms with van der Waals surface area (Å²) in [6, 6.07) is 20.1. The number of nitrogens with one attached hydrogen (secondary N) is 1. The quantitative estimate of drug-likeness (QED) is 0.149. The highest BCUT2D eigenvalue weighted by Crippen LogP contribution is 2.29. The monoisotopic (exact) mass is 589 g/mol. The summed E-state index contributed by atoms with van der Waals surface area (Å²) in [6.45, 7) is 0. The zero-order chi connectivity index (χ0) is 24.8. The van der Waals surface area contributed by atoms with Crippen LogP contribution in [0.2, 0.25) is 10.0 Å². The Morgan fingerprint density at radius 2 is 1.77 bits per heavy atom. The summed E-state index contributed by atoms with van der Waals surface area (Å²) in [5, 5.41) is 14.5. The van der Waals surface area contributed by atoms with Gasteiger partial charge in [-0.2, -0.15) is 5.10 Å². The van der Waals surface area contributed by atoms with E-state index < -0.39 is 0 Å². The molecule has 35 heavy (non-hydrogen) atoms. The minimum absolute atomic E-state index is 0.0932. The first-order valence-electron chi connectivity index (χ1n) is 10.2. The van der Waals surface area contributed by atoms with Gasteiger partial charge in [0.15, 0.2) is 11.0 Å². The van der Waals surface area contributed by atoms with Gasteiger partial charge in [0.05, 0.1) is 23.5 Å². The molecular weight excluding hydrogens is 573 g/mol. The van der Waals surface area contributed by atoms with Gasteiger partial charge in [-0.3, -0.25) is 9.36 Å². The molecule has 0 unspecified atom stereocenters. The van der Waals surface area contributed by atoms with E-state index in [1.807, 2.05) is 47.0 Å². The largest absolute Gasteiger partial charge is 0.496 e. The van der Waals surface area contributed by atoms with Crippen LogP contribution in [0.3, 0.4) is 0 Å². The molecule has 0 aliphatic rings. The lowest BCUT2D eigenvalue weighted by molar-refractivity contribution is -0.118. The Kier molecular flexibility index (Phi) is 8.46. The Hall–Kier alpha value is -2.85. The molecule has 0 atom stereocenters. The number of hydrogen-bond donors (Lipinski definition) is 1. The SMILES string of the molecule is COc1ccc(/C=N\NC(=O)CSc2nnc(-c3ccc(Cl)cc3)n2-c2ccc(Cl)cc2)cc1Br. The molecule has 0 spiro atoms. The van der Waals surface area contributed by atoms with Crippen LogP contribution < -0.4 is 10.2 Å². The number of nitrogens with zero attached hydrogens (tertiary/aromatic N) is 4. The number of aromatic nitrogens is 3. The molecule has 0 saturated carbocycles. The first-order chi connectivity index (χ1) is 16.9. The number of methoxy groups -OCH3 is 1. The Balaban J connectivity index is 1.48. The number of amides is 1. The molecule has 1 heterocycles. The van der Waals surface area contributed by atoms with E-state index in [1.165, 1.54) is 11.8 Å². The van der Waals surface area contributed by atoms with Crippen LogP contribution in [0.1, 0.15) is 5.56 Å². The van der Waals surface area contributed by atoms with Crippen LogP contribution in [-0.4, -0.2) is 39.7 Å². The van der Waals surface area contributed by atoms with Gasteiger partial charge in [0.25, 0.3) is 5.91 Å². The summed E-state index contributed by atoms with van der Waals surface area (Å²) in [6.07, 6.45) is 1.56. The highest BCUT2D eigenvalue weighted by molar-refractivity contribution is 9.10. The van der Waals surface area contributed by atoms with Gasteiger partial charge in [-0.1, -0.05) is 35.0 Å². The van der Waals surface area contributed by atoms with Gasteiger partial charge in [-0.15, -0.1) is 10.2 Å². The Labute approximate surface area is 224 Å². The second kappa shape index (κ2) is 11.7. The van der Waals surface area contributed by atoms with Gasteiger partial charge < -0.3 is 4.74 Å². The smallest absolute Gasteiger partial charge is 0.250 e. The van der Waals surface area contributed by atoms with Crippen LogP contribution >= 0.6 is 50.9 Å². The molecule has 0 saturated heterocycles. The number of thioether (sulfide) groups is 1. The average molecular weight is 591 g/mol. The van der Waals surface area contributed by atoms with E-state index in [-0.39, 0.29) is 11.7 Å². The van der Waals surface area contributed by atoms with Crippen molar-refractivity contribution in [1.29, 1.82) is 0 Å². The Bertz CT molecular complexity index is 1360. The molecule has 0 radical (unpaired) electrons. The third-order valence-corrected chi connectivity index (χ3v) is 6.78. The minimum atomic E-state index is -0.280. The predicted octanol–water partition coefficient (Wildman–Crippen LogP) is 6.25. The molecule has 4 aromatic rings. The number of hydrazone groups is 1. The van der Waals surface area contributed by atoms with E-state index >= 15 is 0 Å². The van der Waals surface area contributed by atoms with Crippen molar-refractivity contribution in [1.82, 2.24) is 20.2 Å². The van der Waals surface area contributed by atoms with Crippen LogP contribution in [0.15, 0.2) is 81.5 Å². The lowest BCUT2D eigenvalue weighted by Crippen LogP contribution is -2.20. The first kappa shape index (κ1) is 25.2. The summed E-state index contributed by atoms with van der Waals surface area (Å²) in [7, 11) is 1.60. The van der Waals surface area contributed by atoms with Crippen LogP contribution in [-0.2, 0) is 4.79 Å². The van der Waals surface area contributed by atoms with Gasteiger partial charge >= 0.3 is 0 Å². The van der Waals surface area contributed by atoms with Gasteiger partial charge in [0.1, 0.15) is 5.75 Å². The van der Waals surface area contributed by atoms with Gasteiger partial charge in [0.2, 0.25) is 0 Å². The second-order valence-corrected chi connectivity index (χ2v) is 9.77. The molecule has 7 nitrogen and oxygen atoms in total. The Morgan fingerprint density at radius 3 is 2.43 bits per heavy atom. The lowest BCUT2D eigenvalue weighted by Gasteiger charge is -2.10. The molecule has 1 N–H and O–H groups in total. The zero-order valence-electron chi connectivity index (χ0n) is 18.3. The lowest BCUT2D eigenvalue weighted by atomic mass is 10.2. The summed E-state index contributed by atoms with van der Waals surface area (Å²) >= 11 is 16.8. The highest BCUT2D eigenvalue weighted by Gasteiger charge is 2.17. The average Bonchev–Trinajstić information content (AvgIpc) is 3.28. The fourth-order valence-electron chi connectivity index (χ4n) is 3.08. The van der Waals surface area contributed by atoms with Crippen molar-refractivity contribution in [2.45, 2.75) is 5.16 Å². The summed E-state index contributed by atoms with van der Waals surface area (Å²) in [4.78, 5) is 12.4. The van der Waals surface area contributed by atoms with Crippen molar-refractivity contribution in [3.8, 4) is 22.8 Å². The van der Waals surface area contributed by atoms with Crippen molar-refractivity contribution >= 4 is 63.0 Å². The molecule has 11 heteroatoms. The Morgan fingerprint density at radius 1 is 1.09 bits per heavy atom. The van der Waals surface area contributed by atoms with Gasteiger partial charge in [-0.25, -0.2) is 5.43 Å². The molecule has 0 aliphatic heterocycles. The summed E-state index contributed by atoms with van der Waals surface area (Å²) in [5.41, 5.74) is 4.99. The number of benzene rings is 3. The molecule has 3 aromatic carbocycles. The van der Waals surface area contributed by atoms with Crippen LogP contribution in [0, 0.1) is 0 Å². The molecule has 1 aromatic heterocycles. The normalized spacial score (nSPS) is 11.1. The zero-order valence-corrected chi connectivity index (χ0v) is 22.2. The van der Waals surface area contributed by atoms with Gasteiger partial charge in [-0.05, 0) is 88.2 Å². The third kappa shape index (κ3) is 6.43. The summed E-state index contributed by atoms with van der Waals surface area (Å²) < 4.78 is 7.88. The maximum Gasteiger partial charge on any atom is 0.250 e. The van der Waals surface area contributed by atoms with Crippen LogP contribution in [0.5, 0.6) is 5.75 Å². The van der Waals surface area contributed by atoms with Crippen LogP contribution in [0.4, 0.5) is 0 Å². The molecule has 4 rings (SSSR count). The molecule has 178 valence electrons. The maximum atomic E-state index is 12.4. The molecule has 1 amide bonds. The van der Waals surface area contributed by atoms with Crippen molar-refractivity contribution in [2.24, 2.45) is 5.10 Å². The standard InChI is InChI=1S/C24H18BrCl2N5O2S/c1-34-21-11-2-15(12-20(21)25)13-28-29-22(33)14-35-24-31-30-23(16-3-5-17(26)6-4-16)32(24)19-9-7-18(27)8-10-19/h2-13H,14H2,1H3,(H,29,33)/b28-13-. The van der Waals surface area contributed by atoms with Gasteiger partial charge in [0, 0.05) is 21.3 Å². The topological polar surface area (TPSA) is 81.4 Å². The summed E-state index contributed by atoms with van der Waals surface area (Å²) in [5.74, 6) is 1.15. The first-order valence-corrected chi connectivity index (χ1v) is 12.7. The number of carbonyl (C=O) groups is 1. The van der Waals surface area contributed by atoms with Crippen molar-refractivity contribution in [2.75, 3.05) is 12.9 Å². The van der Waals surface area contributed by atoms with E-state index in [4.69, 9.17) is 27.9 Å². The van der Waals surface area contributed by atoms with Crippen molar-refractivity contribution in [3.63, 3.8) is 0 Å². The number of ether oxygens (including phenoxy) is 1. The molecular formula is C24H18BrCl2N5O2S.